The molecule has 0 radical (unpaired) electrons. The predicted octanol–water partition coefficient (Wildman–Crippen LogP) is 18.2. The van der Waals surface area contributed by atoms with Gasteiger partial charge in [0.2, 0.25) is 0 Å². The lowest BCUT2D eigenvalue weighted by Crippen LogP contribution is -2.70. The highest BCUT2D eigenvalue weighted by Gasteiger charge is 2.55. The van der Waals surface area contributed by atoms with Crippen molar-refractivity contribution >= 4 is 114 Å². The van der Waals surface area contributed by atoms with E-state index in [-0.39, 0.29) is 43.3 Å². The Labute approximate surface area is 474 Å². The Hall–Kier alpha value is -5.31. The van der Waals surface area contributed by atoms with Crippen LogP contribution in [0.3, 0.4) is 0 Å². The second kappa shape index (κ2) is 13.7. The molecule has 2 saturated carbocycles. The summed E-state index contributed by atoms with van der Waals surface area (Å²) in [6.45, 7) is 35.1. The number of Topliss-reactive ketones (excluding diaryl/α,β-unsaturated/α-hetero) is 2. The summed E-state index contributed by atoms with van der Waals surface area (Å²) in [5, 5.41) is 14.5. The summed E-state index contributed by atoms with van der Waals surface area (Å²) in [4.78, 5) is 30.4. The Morgan fingerprint density at radius 1 is 0.388 bits per heavy atom. The number of hydrogen-bond donors (Lipinski definition) is 0. The first-order chi connectivity index (χ1) is 37.5. The van der Waals surface area contributed by atoms with Gasteiger partial charge in [0.25, 0.3) is 0 Å². The van der Waals surface area contributed by atoms with Crippen LogP contribution in [0.15, 0.2) is 60.7 Å². The molecular formula is C74H80N2O2Si2. The molecule has 4 nitrogen and oxygen atoms in total. The number of carbonyl (C=O) groups is 2. The van der Waals surface area contributed by atoms with Crippen LogP contribution in [0.2, 0.25) is 37.3 Å². The quantitative estimate of drug-likeness (QED) is 0.154. The molecule has 6 heteroatoms. The number of aromatic nitrogens is 2. The molecule has 0 unspecified atom stereocenters. The molecule has 11 aliphatic rings. The van der Waals surface area contributed by atoms with Crippen molar-refractivity contribution in [2.24, 2.45) is 10.8 Å². The van der Waals surface area contributed by atoms with Crippen molar-refractivity contribution in [3.05, 3.63) is 105 Å². The van der Waals surface area contributed by atoms with Gasteiger partial charge in [0.1, 0.15) is 0 Å². The van der Waals surface area contributed by atoms with Crippen LogP contribution in [0, 0.1) is 10.8 Å². The third kappa shape index (κ3) is 5.33. The van der Waals surface area contributed by atoms with E-state index in [2.05, 4.69) is 166 Å². The second-order valence-corrected chi connectivity index (χ2v) is 42.7. The molecule has 10 aromatic rings. The Bertz CT molecular complexity index is 4620. The smallest absolute Gasteiger partial charge is 0.169 e. The van der Waals surface area contributed by atoms with Crippen molar-refractivity contribution in [1.29, 1.82) is 0 Å². The third-order valence-corrected chi connectivity index (χ3v) is 36.1. The summed E-state index contributed by atoms with van der Waals surface area (Å²) in [5.41, 5.74) is 20.6. The maximum Gasteiger partial charge on any atom is 0.169 e. The molecule has 6 bridgehead atoms. The van der Waals surface area contributed by atoms with Gasteiger partial charge in [-0.15, -0.1) is 0 Å². The van der Waals surface area contributed by atoms with Gasteiger partial charge in [0, 0.05) is 65.0 Å². The molecule has 406 valence electrons. The van der Waals surface area contributed by atoms with Crippen molar-refractivity contribution in [1.82, 2.24) is 8.80 Å². The summed E-state index contributed by atoms with van der Waals surface area (Å²) in [5.74, 6) is 0.726. The largest absolute Gasteiger partial charge is 0.308 e. The number of nitrogens with zero attached hydrogens (tertiary/aromatic N) is 2. The number of hydrogen-bond acceptors (Lipinski definition) is 2. The molecule has 0 N–H and O–H groups in total. The van der Waals surface area contributed by atoms with Crippen LogP contribution < -0.4 is 10.4 Å². The molecule has 3 fully saturated rings. The zero-order chi connectivity index (χ0) is 55.3. The molecule has 3 aliphatic heterocycles. The molecule has 80 heavy (non-hydrogen) atoms. The summed E-state index contributed by atoms with van der Waals surface area (Å²) < 4.78 is 5.33. The highest BCUT2D eigenvalue weighted by Crippen LogP contribution is 2.63. The highest BCUT2D eigenvalue weighted by molar-refractivity contribution is 7.09. The summed E-state index contributed by atoms with van der Waals surface area (Å²) >= 11 is 0. The molecule has 8 aliphatic carbocycles. The Balaban J connectivity index is 1.04. The summed E-state index contributed by atoms with van der Waals surface area (Å²) in [6, 6.07) is 31.6. The molecule has 6 aromatic carbocycles. The van der Waals surface area contributed by atoms with Gasteiger partial charge < -0.3 is 8.80 Å². The normalized spacial score (nSPS) is 32.2. The standard InChI is InChI=1S/C74H80N2O2Si2/c1-67(2)37-69(5,6)60-51(67)36-52-61(70(7,8)38-68(52,3)4)58(60)39-27-43-40-29-49-46(65(77)73(11)19-15-71(49,9)16-20-73)33-55(40)75-53-32-42-45-35-57-64(80(14)25-23-79(57,13)24-26-80)59-48-30-50-47(66(78)74(12)21-17-72(50,10)18-22-74)34-56(48)76(63(45)59)54(42)31-41(53)44(28-39)62(43)75/h27-36H,15-26,37-38H2,1-14H3. The number of carbonyl (C=O) groups excluding carboxylic acids is 2. The van der Waals surface area contributed by atoms with E-state index in [0.717, 1.165) is 75.3 Å². The van der Waals surface area contributed by atoms with Crippen molar-refractivity contribution in [2.75, 3.05) is 0 Å². The first-order valence-electron chi connectivity index (χ1n) is 31.4. The van der Waals surface area contributed by atoms with Gasteiger partial charge in [-0.3, -0.25) is 9.59 Å². The van der Waals surface area contributed by atoms with E-state index < -0.39 is 16.1 Å². The monoisotopic (exact) mass is 1080 g/mol. The molecular weight excluding hydrogens is 1000 g/mol. The molecule has 0 atom stereocenters. The van der Waals surface area contributed by atoms with Gasteiger partial charge >= 0.3 is 0 Å². The fraction of sp³-hybridized carbons (Fsp3) is 0.486. The maximum absolute atomic E-state index is 15.2. The van der Waals surface area contributed by atoms with Crippen molar-refractivity contribution in [3.63, 3.8) is 0 Å². The van der Waals surface area contributed by atoms with Crippen LogP contribution in [0.5, 0.6) is 0 Å². The van der Waals surface area contributed by atoms with Gasteiger partial charge in [0.05, 0.1) is 49.2 Å². The van der Waals surface area contributed by atoms with E-state index in [1.54, 1.807) is 38.0 Å². The molecule has 1 saturated heterocycles. The molecule has 4 aromatic heterocycles. The minimum absolute atomic E-state index is 0.00470. The van der Waals surface area contributed by atoms with E-state index in [9.17, 15) is 0 Å². The van der Waals surface area contributed by atoms with Crippen LogP contribution >= 0.6 is 0 Å². The van der Waals surface area contributed by atoms with E-state index in [1.807, 2.05) is 0 Å². The van der Waals surface area contributed by atoms with Crippen LogP contribution in [-0.2, 0) is 32.5 Å². The van der Waals surface area contributed by atoms with Crippen LogP contribution in [0.25, 0.3) is 87.3 Å². The molecule has 7 heterocycles. The second-order valence-electron chi connectivity index (χ2n) is 33.4. The van der Waals surface area contributed by atoms with Crippen LogP contribution in [0.4, 0.5) is 0 Å². The Kier molecular flexibility index (Phi) is 8.25. The number of benzene rings is 6. The van der Waals surface area contributed by atoms with Crippen LogP contribution in [-0.4, -0.2) is 36.5 Å². The van der Waals surface area contributed by atoms with Gasteiger partial charge in [0.15, 0.2) is 11.6 Å². The molecule has 0 spiro atoms. The van der Waals surface area contributed by atoms with Gasteiger partial charge in [-0.25, -0.2) is 0 Å². The number of rotatable bonds is 1. The minimum atomic E-state index is -1.81. The minimum Gasteiger partial charge on any atom is -0.308 e. The Morgan fingerprint density at radius 2 is 0.787 bits per heavy atom. The lowest BCUT2D eigenvalue weighted by Gasteiger charge is -2.50. The van der Waals surface area contributed by atoms with E-state index in [4.69, 9.17) is 0 Å². The SMILES string of the molecule is CC12CCC(C)(CC1)c1cc3c4cc(-c5c6c(cc7c5C(C)(C)CC7(C)C)C(C)(C)CC6(C)C)cc5c6cc7c(cc6n(c3cc1C2=O)c45)c1cc2c(c3c4cc5c(cc4n7c13)C(=O)C1(C)CCC5(C)CC1)[Si]1(C)CC[Si]2(C)CC1. The lowest BCUT2D eigenvalue weighted by molar-refractivity contribution is 0.0726. The van der Waals surface area contributed by atoms with Crippen molar-refractivity contribution in [3.8, 4) is 11.1 Å². The van der Waals surface area contributed by atoms with E-state index in [1.165, 1.54) is 117 Å². The maximum atomic E-state index is 15.2. The zero-order valence-electron chi connectivity index (χ0n) is 50.4. The van der Waals surface area contributed by atoms with Gasteiger partial charge in [-0.1, -0.05) is 143 Å². The summed E-state index contributed by atoms with van der Waals surface area (Å²) in [6.07, 6.45) is 10.4. The number of ketones is 2. The van der Waals surface area contributed by atoms with E-state index >= 15 is 9.59 Å². The van der Waals surface area contributed by atoms with E-state index in [0.29, 0.717) is 11.6 Å². The lowest BCUT2D eigenvalue weighted by atomic mass is 9.65. The first-order valence-corrected chi connectivity index (χ1v) is 37.3. The highest BCUT2D eigenvalue weighted by atomic mass is 28.3. The number of fused-ring (bicyclic) bond motifs is 20. The van der Waals surface area contributed by atoms with Gasteiger partial charge in [-0.2, -0.15) is 0 Å². The topological polar surface area (TPSA) is 43.0 Å². The fourth-order valence-electron chi connectivity index (χ4n) is 21.6. The van der Waals surface area contributed by atoms with Crippen molar-refractivity contribution < 1.29 is 9.59 Å². The third-order valence-electron chi connectivity index (χ3n) is 26.1. The fourth-order valence-corrected chi connectivity index (χ4v) is 36.6. The first kappa shape index (κ1) is 48.2. The zero-order valence-corrected chi connectivity index (χ0v) is 52.4. The predicted molar refractivity (Wildman–Crippen MR) is 341 cm³/mol. The average Bonchev–Trinajstić information content (AvgIpc) is 1.91. The van der Waals surface area contributed by atoms with Crippen LogP contribution in [0.1, 0.15) is 201 Å². The Morgan fingerprint density at radius 3 is 1.29 bits per heavy atom. The average molecular weight is 1090 g/mol. The molecule has 21 rings (SSSR count). The summed E-state index contributed by atoms with van der Waals surface area (Å²) in [7, 11) is -3.57. The van der Waals surface area contributed by atoms with Crippen molar-refractivity contribution in [2.45, 2.75) is 217 Å². The molecule has 0 amide bonds. The van der Waals surface area contributed by atoms with Gasteiger partial charge in [-0.05, 0) is 190 Å².